The molecular weight excluding hydrogens is 215 g/mol. The molecule has 7 N–H and O–H groups in total. The van der Waals surface area contributed by atoms with Gasteiger partial charge in [0.2, 0.25) is 0 Å². The lowest BCUT2D eigenvalue weighted by Crippen LogP contribution is -2.51. The van der Waals surface area contributed by atoms with Crippen molar-refractivity contribution >= 4 is 36.5 Å². The fourth-order valence-electron chi connectivity index (χ4n) is 0.725. The van der Waals surface area contributed by atoms with Gasteiger partial charge >= 0.3 is 0 Å². The summed E-state index contributed by atoms with van der Waals surface area (Å²) in [4.78, 5) is 0. The number of halogens is 2. The number of hydrogen-bond donors (Lipinski definition) is 5. The molecule has 0 saturated carbocycles. The molecule has 78 valence electrons. The molecule has 0 amide bonds. The van der Waals surface area contributed by atoms with Crippen LogP contribution in [0.15, 0.2) is 5.11 Å². The summed E-state index contributed by atoms with van der Waals surface area (Å²) < 4.78 is 0. The smallest absolute Gasteiger partial charge is 0.193 e. The summed E-state index contributed by atoms with van der Waals surface area (Å²) in [5.41, 5.74) is 15.6. The van der Waals surface area contributed by atoms with E-state index in [0.29, 0.717) is 0 Å². The first-order chi connectivity index (χ1) is 5.01. The largest absolute Gasteiger partial charge is 0.385 e. The summed E-state index contributed by atoms with van der Waals surface area (Å²) in [5.74, 6) is -0.718. The molecule has 6 nitrogen and oxygen atoms in total. The molecule has 0 heterocycles. The molecule has 0 aromatic heterocycles. The monoisotopic (exact) mass is 228 g/mol. The van der Waals surface area contributed by atoms with Gasteiger partial charge in [-0.25, -0.2) is 5.53 Å². The number of amidine groups is 2. The number of nitrogens with zero attached hydrogens (tertiary/aromatic N) is 1. The second-order valence-electron chi connectivity index (χ2n) is 2.15. The average molecular weight is 229 g/mol. The van der Waals surface area contributed by atoms with E-state index in [1.54, 1.807) is 6.92 Å². The molecule has 0 unspecified atom stereocenters. The van der Waals surface area contributed by atoms with Gasteiger partial charge in [0.15, 0.2) is 5.54 Å². The third kappa shape index (κ3) is 3.16. The number of nitrogens with two attached hydrogens (primary N) is 2. The molecular formula is C5H14Cl2N6. The van der Waals surface area contributed by atoms with Gasteiger partial charge in [-0.3, -0.25) is 10.8 Å². The van der Waals surface area contributed by atoms with Gasteiger partial charge in [0.25, 0.3) is 0 Å². The van der Waals surface area contributed by atoms with Crippen molar-refractivity contribution < 1.29 is 0 Å². The Balaban J connectivity index is -0.000000500. The summed E-state index contributed by atoms with van der Waals surface area (Å²) in [6.07, 6.45) is 0.265. The Morgan fingerprint density at radius 3 is 1.54 bits per heavy atom. The third-order valence-electron chi connectivity index (χ3n) is 1.59. The van der Waals surface area contributed by atoms with Crippen LogP contribution in [0.4, 0.5) is 0 Å². The average Bonchev–Trinajstić information content (AvgIpc) is 1.90. The Labute approximate surface area is 88.8 Å². The van der Waals surface area contributed by atoms with Crippen LogP contribution in [0.5, 0.6) is 0 Å². The number of nitrogens with one attached hydrogen (secondary N) is 3. The topological polar surface area (TPSA) is 136 Å². The highest BCUT2D eigenvalue weighted by atomic mass is 35.5. The molecule has 0 fully saturated rings. The molecule has 0 saturated heterocycles. The lowest BCUT2D eigenvalue weighted by molar-refractivity contribution is 0.636. The van der Waals surface area contributed by atoms with Crippen LogP contribution < -0.4 is 11.5 Å². The fraction of sp³-hybridized carbons (Fsp3) is 0.600. The molecule has 0 aromatic carbocycles. The van der Waals surface area contributed by atoms with Crippen LogP contribution in [-0.2, 0) is 0 Å². The van der Waals surface area contributed by atoms with Crippen LogP contribution in [0, 0.1) is 16.3 Å². The maximum Gasteiger partial charge on any atom is 0.193 e. The highest BCUT2D eigenvalue weighted by Gasteiger charge is 2.35. The van der Waals surface area contributed by atoms with Gasteiger partial charge in [0.05, 0.1) is 0 Å². The predicted octanol–water partition coefficient (Wildman–Crippen LogP) is 0.882. The summed E-state index contributed by atoms with van der Waals surface area (Å²) >= 11 is 0. The Kier molecular flexibility index (Phi) is 9.17. The summed E-state index contributed by atoms with van der Waals surface area (Å²) in [5, 5.41) is 17.2. The summed E-state index contributed by atoms with van der Waals surface area (Å²) in [6.45, 7) is 1.67. The maximum absolute atomic E-state index is 7.07. The van der Waals surface area contributed by atoms with E-state index in [2.05, 4.69) is 5.11 Å². The number of hydrogen-bond acceptors (Lipinski definition) is 4. The second kappa shape index (κ2) is 6.62. The maximum atomic E-state index is 7.07. The summed E-state index contributed by atoms with van der Waals surface area (Å²) in [6, 6.07) is 0. The zero-order chi connectivity index (χ0) is 9.07. The van der Waals surface area contributed by atoms with Crippen molar-refractivity contribution in [3.63, 3.8) is 0 Å². The summed E-state index contributed by atoms with van der Waals surface area (Å²) in [7, 11) is 0. The van der Waals surface area contributed by atoms with Gasteiger partial charge in [-0.2, -0.15) is 5.11 Å². The molecule has 0 aliphatic heterocycles. The van der Waals surface area contributed by atoms with Crippen molar-refractivity contribution in [2.24, 2.45) is 16.6 Å². The normalized spacial score (nSPS) is 12.7. The Bertz CT molecular complexity index is 189. The zero-order valence-corrected chi connectivity index (χ0v) is 8.76. The molecule has 0 atom stereocenters. The molecule has 0 bridgehead atoms. The predicted molar refractivity (Wildman–Crippen MR) is 56.5 cm³/mol. The van der Waals surface area contributed by atoms with E-state index in [0.717, 1.165) is 0 Å². The van der Waals surface area contributed by atoms with E-state index in [1.165, 1.54) is 0 Å². The van der Waals surface area contributed by atoms with Gasteiger partial charge in [-0.1, -0.05) is 6.92 Å². The van der Waals surface area contributed by atoms with Crippen molar-refractivity contribution in [2.45, 2.75) is 18.9 Å². The Morgan fingerprint density at radius 2 is 1.54 bits per heavy atom. The van der Waals surface area contributed by atoms with Crippen molar-refractivity contribution in [1.82, 2.24) is 0 Å². The molecule has 0 rings (SSSR count). The molecule has 0 radical (unpaired) electrons. The van der Waals surface area contributed by atoms with Crippen LogP contribution in [0.2, 0.25) is 0 Å². The number of rotatable bonds is 4. The van der Waals surface area contributed by atoms with Crippen molar-refractivity contribution in [1.29, 1.82) is 16.3 Å². The van der Waals surface area contributed by atoms with Gasteiger partial charge in [0, 0.05) is 0 Å². The van der Waals surface area contributed by atoms with E-state index in [-0.39, 0.29) is 42.9 Å². The van der Waals surface area contributed by atoms with Crippen LogP contribution in [0.1, 0.15) is 13.3 Å². The highest BCUT2D eigenvalue weighted by molar-refractivity contribution is 6.10. The molecule has 0 aliphatic rings. The lowest BCUT2D eigenvalue weighted by atomic mass is 9.95. The zero-order valence-electron chi connectivity index (χ0n) is 7.13. The minimum atomic E-state index is -1.40. The first-order valence-electron chi connectivity index (χ1n) is 3.09. The van der Waals surface area contributed by atoms with Crippen molar-refractivity contribution in [3.8, 4) is 0 Å². The second-order valence-corrected chi connectivity index (χ2v) is 2.15. The van der Waals surface area contributed by atoms with Crippen LogP contribution >= 0.6 is 24.8 Å². The van der Waals surface area contributed by atoms with E-state index >= 15 is 0 Å². The van der Waals surface area contributed by atoms with Gasteiger partial charge in [0.1, 0.15) is 11.7 Å². The van der Waals surface area contributed by atoms with E-state index in [9.17, 15) is 0 Å². The quantitative estimate of drug-likeness (QED) is 0.278. The first kappa shape index (κ1) is 18.0. The minimum Gasteiger partial charge on any atom is -0.385 e. The Morgan fingerprint density at radius 1 is 1.23 bits per heavy atom. The van der Waals surface area contributed by atoms with Gasteiger partial charge < -0.3 is 11.5 Å². The minimum absolute atomic E-state index is 0. The van der Waals surface area contributed by atoms with Crippen molar-refractivity contribution in [3.05, 3.63) is 0 Å². The van der Waals surface area contributed by atoms with Gasteiger partial charge in [-0.15, -0.1) is 24.8 Å². The van der Waals surface area contributed by atoms with Gasteiger partial charge in [-0.05, 0) is 6.42 Å². The van der Waals surface area contributed by atoms with E-state index < -0.39 is 5.54 Å². The fourth-order valence-corrected chi connectivity index (χ4v) is 0.725. The van der Waals surface area contributed by atoms with E-state index in [1.807, 2.05) is 0 Å². The highest BCUT2D eigenvalue weighted by Crippen LogP contribution is 2.14. The van der Waals surface area contributed by atoms with Crippen LogP contribution in [0.25, 0.3) is 0 Å². The standard InChI is InChI=1S/C5H12N6.2ClH/c1-2-5(11-10,3(6)7)4(8)9;;/h10H,2H2,1H3,(H3,6,7)(H3,8,9);2*1H. The first-order valence-corrected chi connectivity index (χ1v) is 3.09. The Hall–Kier alpha value is -0.880. The third-order valence-corrected chi connectivity index (χ3v) is 1.59. The molecule has 0 aliphatic carbocycles. The van der Waals surface area contributed by atoms with Crippen LogP contribution in [0.3, 0.4) is 0 Å². The molecule has 8 heteroatoms. The molecule has 0 aromatic rings. The SMILES string of the molecule is CCC(N=N)(C(=N)N)C(=N)N.Cl.Cl. The van der Waals surface area contributed by atoms with Crippen molar-refractivity contribution in [2.75, 3.05) is 0 Å². The van der Waals surface area contributed by atoms with E-state index in [4.69, 9.17) is 27.8 Å². The molecule has 13 heavy (non-hydrogen) atoms. The van der Waals surface area contributed by atoms with Crippen LogP contribution in [-0.4, -0.2) is 17.2 Å². The molecule has 0 spiro atoms. The lowest BCUT2D eigenvalue weighted by Gasteiger charge is -2.22.